The molecule has 0 spiro atoms. The topological polar surface area (TPSA) is 131 Å². The monoisotopic (exact) mass is 411 g/mol. The third-order valence-corrected chi connectivity index (χ3v) is 4.90. The molecule has 0 fully saturated rings. The van der Waals surface area contributed by atoms with Gasteiger partial charge in [0, 0.05) is 24.6 Å². The molecule has 0 aliphatic carbocycles. The molecule has 2 N–H and O–H groups in total. The number of ether oxygens (including phenoxy) is 2. The maximum Gasteiger partial charge on any atom is 0.338 e. The third kappa shape index (κ3) is 4.14. The number of phenols is 1. The van der Waals surface area contributed by atoms with Gasteiger partial charge in [-0.3, -0.25) is 10.1 Å². The molecule has 2 rings (SSSR count). The van der Waals surface area contributed by atoms with Gasteiger partial charge in [0.25, 0.3) is 0 Å². The number of carbonyl (C=O) groups is 2. The average molecular weight is 411 g/mol. The number of amides is 2. The van der Waals surface area contributed by atoms with E-state index in [2.05, 4.69) is 5.32 Å². The van der Waals surface area contributed by atoms with Gasteiger partial charge in [-0.05, 0) is 24.8 Å². The SMILES string of the molecule is COc1cc([C@H]2NC(=O)N(C)C(C)=C2C(=O)OCCSC)cc([N+](=O)[O-])c1O. The number of thioether (sulfide) groups is 1. The van der Waals surface area contributed by atoms with Crippen molar-refractivity contribution in [1.82, 2.24) is 10.2 Å². The first-order valence-electron chi connectivity index (χ1n) is 8.19. The van der Waals surface area contributed by atoms with Crippen LogP contribution in [0.3, 0.4) is 0 Å². The number of aromatic hydroxyl groups is 1. The van der Waals surface area contributed by atoms with E-state index < -0.39 is 34.4 Å². The minimum absolute atomic E-state index is 0.144. The quantitative estimate of drug-likeness (QED) is 0.302. The fourth-order valence-electron chi connectivity index (χ4n) is 2.72. The predicted molar refractivity (Wildman–Crippen MR) is 102 cm³/mol. The van der Waals surface area contributed by atoms with Gasteiger partial charge in [0.15, 0.2) is 5.75 Å². The van der Waals surface area contributed by atoms with E-state index in [4.69, 9.17) is 9.47 Å². The van der Waals surface area contributed by atoms with Crippen molar-refractivity contribution in [1.29, 1.82) is 0 Å². The zero-order valence-corrected chi connectivity index (χ0v) is 16.7. The Bertz CT molecular complexity index is 840. The Morgan fingerprint density at radius 1 is 1.46 bits per heavy atom. The molecule has 1 aromatic carbocycles. The summed E-state index contributed by atoms with van der Waals surface area (Å²) in [5.74, 6) is -0.827. The molecule has 1 heterocycles. The van der Waals surface area contributed by atoms with Crippen LogP contribution < -0.4 is 10.1 Å². The molecule has 152 valence electrons. The van der Waals surface area contributed by atoms with Gasteiger partial charge in [-0.25, -0.2) is 9.59 Å². The van der Waals surface area contributed by atoms with Gasteiger partial charge < -0.3 is 24.8 Å². The summed E-state index contributed by atoms with van der Waals surface area (Å²) in [6, 6.07) is 0.939. The molecule has 0 radical (unpaired) electrons. The van der Waals surface area contributed by atoms with Crippen LogP contribution in [0.25, 0.3) is 0 Å². The van der Waals surface area contributed by atoms with E-state index in [1.807, 2.05) is 6.26 Å². The standard InChI is InChI=1S/C17H21N3O7S/c1-9-13(16(22)27-5-6-28-4)14(18-17(23)19(9)2)10-7-11(20(24)25)15(21)12(8-10)26-3/h7-8,14,21H,5-6H2,1-4H3,(H,18,23)/t14-/m1/s1. The number of hydrogen-bond acceptors (Lipinski definition) is 8. The van der Waals surface area contributed by atoms with Gasteiger partial charge in [-0.15, -0.1) is 0 Å². The molecule has 2 amide bonds. The number of benzene rings is 1. The van der Waals surface area contributed by atoms with Crippen molar-refractivity contribution >= 4 is 29.4 Å². The highest BCUT2D eigenvalue weighted by molar-refractivity contribution is 7.98. The van der Waals surface area contributed by atoms with Crippen LogP contribution in [0.15, 0.2) is 23.4 Å². The van der Waals surface area contributed by atoms with Gasteiger partial charge in [0.05, 0.1) is 23.6 Å². The largest absolute Gasteiger partial charge is 0.500 e. The number of nitrogens with zero attached hydrogens (tertiary/aromatic N) is 2. The van der Waals surface area contributed by atoms with Crippen LogP contribution in [-0.4, -0.2) is 59.7 Å². The summed E-state index contributed by atoms with van der Waals surface area (Å²) < 4.78 is 10.3. The van der Waals surface area contributed by atoms with Crippen molar-refractivity contribution in [2.75, 3.05) is 32.8 Å². The van der Waals surface area contributed by atoms with Crippen molar-refractivity contribution in [3.63, 3.8) is 0 Å². The Labute approximate surface area is 165 Å². The van der Waals surface area contributed by atoms with Gasteiger partial charge in [0.1, 0.15) is 6.61 Å². The normalized spacial score (nSPS) is 16.6. The zero-order valence-electron chi connectivity index (χ0n) is 15.8. The van der Waals surface area contributed by atoms with Gasteiger partial charge >= 0.3 is 17.7 Å². The fourth-order valence-corrected chi connectivity index (χ4v) is 2.97. The molecule has 28 heavy (non-hydrogen) atoms. The maximum atomic E-state index is 12.7. The Morgan fingerprint density at radius 3 is 2.71 bits per heavy atom. The summed E-state index contributed by atoms with van der Waals surface area (Å²) in [6.45, 7) is 1.77. The van der Waals surface area contributed by atoms with Crippen LogP contribution in [0, 0.1) is 10.1 Å². The number of nitrogens with one attached hydrogen (secondary N) is 1. The summed E-state index contributed by atoms with van der Waals surface area (Å²) in [5.41, 5.74) is 0.108. The summed E-state index contributed by atoms with van der Waals surface area (Å²) in [4.78, 5) is 36.7. The van der Waals surface area contributed by atoms with Crippen molar-refractivity contribution in [2.45, 2.75) is 13.0 Å². The van der Waals surface area contributed by atoms with Crippen LogP contribution in [0.1, 0.15) is 18.5 Å². The molecule has 1 aliphatic heterocycles. The predicted octanol–water partition coefficient (Wildman–Crippen LogP) is 2.19. The molecule has 0 aromatic heterocycles. The number of carbonyl (C=O) groups excluding carboxylic acids is 2. The number of nitro benzene ring substituents is 1. The average Bonchev–Trinajstić information content (AvgIpc) is 2.65. The van der Waals surface area contributed by atoms with E-state index in [0.717, 1.165) is 6.07 Å². The number of hydrogen-bond donors (Lipinski definition) is 2. The highest BCUT2D eigenvalue weighted by Crippen LogP contribution is 2.41. The Balaban J connectivity index is 2.57. The number of nitro groups is 1. The van der Waals surface area contributed by atoms with E-state index in [-0.39, 0.29) is 23.5 Å². The van der Waals surface area contributed by atoms with Crippen LogP contribution in [0.5, 0.6) is 11.5 Å². The van der Waals surface area contributed by atoms with Gasteiger partial charge in [-0.2, -0.15) is 11.8 Å². The number of allylic oxidation sites excluding steroid dienone is 1. The van der Waals surface area contributed by atoms with Crippen molar-refractivity contribution in [2.24, 2.45) is 0 Å². The zero-order chi connectivity index (χ0) is 21.0. The van der Waals surface area contributed by atoms with Crippen molar-refractivity contribution < 1.29 is 29.1 Å². The summed E-state index contributed by atoms with van der Waals surface area (Å²) in [5, 5.41) is 23.9. The molecule has 0 saturated carbocycles. The molecule has 1 aliphatic rings. The second-order valence-corrected chi connectivity index (χ2v) is 6.90. The highest BCUT2D eigenvalue weighted by Gasteiger charge is 2.36. The van der Waals surface area contributed by atoms with E-state index in [1.54, 1.807) is 6.92 Å². The Morgan fingerprint density at radius 2 is 2.14 bits per heavy atom. The van der Waals surface area contributed by atoms with Gasteiger partial charge in [0.2, 0.25) is 5.75 Å². The summed E-state index contributed by atoms with van der Waals surface area (Å²) >= 11 is 1.51. The summed E-state index contributed by atoms with van der Waals surface area (Å²) in [6.07, 6.45) is 1.87. The lowest BCUT2D eigenvalue weighted by Gasteiger charge is -2.33. The summed E-state index contributed by atoms with van der Waals surface area (Å²) in [7, 11) is 2.74. The minimum atomic E-state index is -1.00. The Kier molecular flexibility index (Phi) is 6.73. The van der Waals surface area contributed by atoms with E-state index in [0.29, 0.717) is 11.4 Å². The second-order valence-electron chi connectivity index (χ2n) is 5.92. The number of esters is 1. The van der Waals surface area contributed by atoms with E-state index >= 15 is 0 Å². The number of rotatable bonds is 7. The minimum Gasteiger partial charge on any atom is -0.500 e. The Hall–Kier alpha value is -2.95. The third-order valence-electron chi connectivity index (χ3n) is 4.32. The lowest BCUT2D eigenvalue weighted by atomic mass is 9.94. The van der Waals surface area contributed by atoms with Crippen LogP contribution in [0.2, 0.25) is 0 Å². The van der Waals surface area contributed by atoms with Crippen LogP contribution in [0.4, 0.5) is 10.5 Å². The maximum absolute atomic E-state index is 12.7. The van der Waals surface area contributed by atoms with E-state index in [1.165, 1.54) is 36.9 Å². The first-order valence-corrected chi connectivity index (χ1v) is 9.58. The molecule has 11 heteroatoms. The molecular formula is C17H21N3O7S. The lowest BCUT2D eigenvalue weighted by molar-refractivity contribution is -0.386. The molecular weight excluding hydrogens is 390 g/mol. The number of phenolic OH excluding ortho intramolecular Hbond substituents is 1. The molecule has 0 saturated heterocycles. The molecule has 1 aromatic rings. The first-order chi connectivity index (χ1) is 13.2. The number of methoxy groups -OCH3 is 1. The second kappa shape index (κ2) is 8.83. The van der Waals surface area contributed by atoms with Crippen LogP contribution in [-0.2, 0) is 9.53 Å². The first kappa shape index (κ1) is 21.4. The van der Waals surface area contributed by atoms with Crippen LogP contribution >= 0.6 is 11.8 Å². The van der Waals surface area contributed by atoms with Crippen molar-refractivity contribution in [3.8, 4) is 11.5 Å². The van der Waals surface area contributed by atoms with E-state index in [9.17, 15) is 24.8 Å². The van der Waals surface area contributed by atoms with Crippen molar-refractivity contribution in [3.05, 3.63) is 39.1 Å². The lowest BCUT2D eigenvalue weighted by Crippen LogP contribution is -2.46. The number of urea groups is 1. The smallest absolute Gasteiger partial charge is 0.338 e. The highest BCUT2D eigenvalue weighted by atomic mass is 32.2. The molecule has 0 bridgehead atoms. The fraction of sp³-hybridized carbons (Fsp3) is 0.412. The van der Waals surface area contributed by atoms with Gasteiger partial charge in [-0.1, -0.05) is 0 Å². The molecule has 1 atom stereocenters. The molecule has 0 unspecified atom stereocenters. The molecule has 10 nitrogen and oxygen atoms in total.